The molecule has 118 valence electrons. The molecule has 0 spiro atoms. The minimum absolute atomic E-state index is 0.0130. The average molecular weight is 336 g/mol. The maximum atomic E-state index is 11.9. The topological polar surface area (TPSA) is 70.7 Å². The molecule has 1 amide bonds. The second-order valence-corrected chi connectivity index (χ2v) is 7.72. The number of amides is 1. The lowest BCUT2D eigenvalue weighted by molar-refractivity contribution is -0.119. The molecule has 0 aliphatic carbocycles. The van der Waals surface area contributed by atoms with Crippen molar-refractivity contribution in [2.75, 3.05) is 5.75 Å². The van der Waals surface area contributed by atoms with Gasteiger partial charge in [0, 0.05) is 10.1 Å². The molecule has 5 nitrogen and oxygen atoms in total. The van der Waals surface area contributed by atoms with E-state index in [1.165, 1.54) is 23.0 Å². The Kier molecular flexibility index (Phi) is 6.33. The van der Waals surface area contributed by atoms with Gasteiger partial charge in [-0.05, 0) is 24.6 Å². The SMILES string of the molecule is CC(C)Sc1ccc([C@H](C)NC(=O)CSc2ncn[nH]2)cc1. The highest BCUT2D eigenvalue weighted by atomic mass is 32.2. The number of carbonyl (C=O) groups excluding carboxylic acids is 1. The van der Waals surface area contributed by atoms with Crippen molar-refractivity contribution in [2.24, 2.45) is 0 Å². The zero-order valence-electron chi connectivity index (χ0n) is 12.9. The van der Waals surface area contributed by atoms with Gasteiger partial charge < -0.3 is 5.32 Å². The molecule has 0 fully saturated rings. The van der Waals surface area contributed by atoms with Crippen LogP contribution in [0.15, 0.2) is 40.6 Å². The molecule has 0 bridgehead atoms. The molecule has 2 rings (SSSR count). The summed E-state index contributed by atoms with van der Waals surface area (Å²) in [6.45, 7) is 6.34. The summed E-state index contributed by atoms with van der Waals surface area (Å²) in [6, 6.07) is 8.33. The van der Waals surface area contributed by atoms with E-state index < -0.39 is 0 Å². The molecule has 0 unspecified atom stereocenters. The molecule has 1 aromatic heterocycles. The van der Waals surface area contributed by atoms with Crippen molar-refractivity contribution in [1.29, 1.82) is 0 Å². The van der Waals surface area contributed by atoms with Crippen LogP contribution in [0.3, 0.4) is 0 Å². The molecule has 0 aliphatic heterocycles. The zero-order valence-corrected chi connectivity index (χ0v) is 14.5. The third kappa shape index (κ3) is 5.38. The first kappa shape index (κ1) is 16.9. The van der Waals surface area contributed by atoms with Gasteiger partial charge in [0.15, 0.2) is 5.16 Å². The van der Waals surface area contributed by atoms with Crippen LogP contribution in [0.1, 0.15) is 32.4 Å². The maximum Gasteiger partial charge on any atom is 0.230 e. The first-order valence-corrected chi connectivity index (χ1v) is 8.95. The number of carbonyl (C=O) groups is 1. The number of thioether (sulfide) groups is 2. The summed E-state index contributed by atoms with van der Waals surface area (Å²) >= 11 is 3.17. The van der Waals surface area contributed by atoms with Gasteiger partial charge in [0.05, 0.1) is 11.8 Å². The van der Waals surface area contributed by atoms with E-state index in [0.717, 1.165) is 5.56 Å². The lowest BCUT2D eigenvalue weighted by Crippen LogP contribution is -2.28. The van der Waals surface area contributed by atoms with Crippen molar-refractivity contribution in [3.05, 3.63) is 36.2 Å². The van der Waals surface area contributed by atoms with Crippen molar-refractivity contribution in [3.8, 4) is 0 Å². The van der Waals surface area contributed by atoms with Crippen LogP contribution in [0.4, 0.5) is 0 Å². The minimum Gasteiger partial charge on any atom is -0.349 e. The Morgan fingerprint density at radius 2 is 2.00 bits per heavy atom. The average Bonchev–Trinajstić information content (AvgIpc) is 2.98. The molecule has 1 aromatic carbocycles. The Morgan fingerprint density at radius 1 is 1.27 bits per heavy atom. The van der Waals surface area contributed by atoms with Crippen LogP contribution in [-0.4, -0.2) is 32.1 Å². The molecule has 2 N–H and O–H groups in total. The second-order valence-electron chi connectivity index (χ2n) is 5.10. The summed E-state index contributed by atoms with van der Waals surface area (Å²) in [5.41, 5.74) is 1.10. The summed E-state index contributed by atoms with van der Waals surface area (Å²) in [6.07, 6.45) is 1.43. The van der Waals surface area contributed by atoms with Gasteiger partial charge in [0.2, 0.25) is 5.91 Å². The van der Waals surface area contributed by atoms with Crippen LogP contribution in [0.25, 0.3) is 0 Å². The number of aromatic nitrogens is 3. The molecular formula is C15H20N4OS2. The van der Waals surface area contributed by atoms with Crippen LogP contribution in [0, 0.1) is 0 Å². The smallest absolute Gasteiger partial charge is 0.230 e. The van der Waals surface area contributed by atoms with Crippen LogP contribution >= 0.6 is 23.5 Å². The van der Waals surface area contributed by atoms with Crippen molar-refractivity contribution in [2.45, 2.75) is 42.1 Å². The van der Waals surface area contributed by atoms with Crippen molar-refractivity contribution in [3.63, 3.8) is 0 Å². The van der Waals surface area contributed by atoms with Gasteiger partial charge in [0.25, 0.3) is 0 Å². The second kappa shape index (κ2) is 8.24. The molecule has 22 heavy (non-hydrogen) atoms. The Bertz CT molecular complexity index is 584. The number of benzene rings is 1. The highest BCUT2D eigenvalue weighted by Crippen LogP contribution is 2.24. The number of hydrogen-bond donors (Lipinski definition) is 2. The fourth-order valence-corrected chi connectivity index (χ4v) is 3.30. The summed E-state index contributed by atoms with van der Waals surface area (Å²) in [5, 5.41) is 10.7. The van der Waals surface area contributed by atoms with Crippen LogP contribution < -0.4 is 5.32 Å². The predicted octanol–water partition coefficient (Wildman–Crippen LogP) is 3.27. The number of hydrogen-bond acceptors (Lipinski definition) is 5. The summed E-state index contributed by atoms with van der Waals surface area (Å²) < 4.78 is 0. The summed E-state index contributed by atoms with van der Waals surface area (Å²) in [7, 11) is 0. The lowest BCUT2D eigenvalue weighted by atomic mass is 10.1. The van der Waals surface area contributed by atoms with Crippen LogP contribution in [0.2, 0.25) is 0 Å². The van der Waals surface area contributed by atoms with E-state index in [1.807, 2.05) is 18.7 Å². The molecule has 0 aliphatic rings. The summed E-state index contributed by atoms with van der Waals surface area (Å²) in [4.78, 5) is 17.2. The Morgan fingerprint density at radius 3 is 2.59 bits per heavy atom. The number of aromatic amines is 1. The van der Waals surface area contributed by atoms with Crippen LogP contribution in [-0.2, 0) is 4.79 Å². The Hall–Kier alpha value is -1.47. The third-order valence-electron chi connectivity index (χ3n) is 2.86. The molecule has 1 atom stereocenters. The maximum absolute atomic E-state index is 11.9. The molecule has 7 heteroatoms. The number of rotatable bonds is 7. The largest absolute Gasteiger partial charge is 0.349 e. The number of nitrogens with one attached hydrogen (secondary N) is 2. The molecule has 0 saturated carbocycles. The zero-order chi connectivity index (χ0) is 15.9. The van der Waals surface area contributed by atoms with Crippen LogP contribution in [0.5, 0.6) is 0 Å². The monoisotopic (exact) mass is 336 g/mol. The number of nitrogens with zero attached hydrogens (tertiary/aromatic N) is 2. The summed E-state index contributed by atoms with van der Waals surface area (Å²) in [5.74, 6) is 0.301. The minimum atomic E-state index is -0.0190. The van der Waals surface area contributed by atoms with Gasteiger partial charge in [-0.1, -0.05) is 37.7 Å². The highest BCUT2D eigenvalue weighted by Gasteiger charge is 2.11. The molecule has 1 heterocycles. The van der Waals surface area contributed by atoms with Crippen molar-refractivity contribution < 1.29 is 4.79 Å². The highest BCUT2D eigenvalue weighted by molar-refractivity contribution is 8.00. The predicted molar refractivity (Wildman–Crippen MR) is 91.1 cm³/mol. The fraction of sp³-hybridized carbons (Fsp3) is 0.400. The van der Waals surface area contributed by atoms with Gasteiger partial charge in [-0.2, -0.15) is 5.10 Å². The van der Waals surface area contributed by atoms with Gasteiger partial charge in [-0.3, -0.25) is 9.89 Å². The normalized spacial score (nSPS) is 12.4. The molecule has 2 aromatic rings. The van der Waals surface area contributed by atoms with E-state index in [-0.39, 0.29) is 11.9 Å². The quantitative estimate of drug-likeness (QED) is 0.759. The van der Waals surface area contributed by atoms with E-state index in [9.17, 15) is 4.79 Å². The Balaban J connectivity index is 1.83. The first-order valence-electron chi connectivity index (χ1n) is 7.08. The van der Waals surface area contributed by atoms with Gasteiger partial charge in [-0.15, -0.1) is 11.8 Å². The Labute approximate surface area is 139 Å². The van der Waals surface area contributed by atoms with Crippen molar-refractivity contribution >= 4 is 29.4 Å². The van der Waals surface area contributed by atoms with Gasteiger partial charge in [-0.25, -0.2) is 4.98 Å². The first-order chi connectivity index (χ1) is 10.5. The van der Waals surface area contributed by atoms with E-state index in [2.05, 4.69) is 58.6 Å². The van der Waals surface area contributed by atoms with Gasteiger partial charge in [0.1, 0.15) is 6.33 Å². The van der Waals surface area contributed by atoms with E-state index >= 15 is 0 Å². The molecule has 0 saturated heterocycles. The van der Waals surface area contributed by atoms with E-state index in [1.54, 1.807) is 0 Å². The van der Waals surface area contributed by atoms with Gasteiger partial charge >= 0.3 is 0 Å². The van der Waals surface area contributed by atoms with E-state index in [4.69, 9.17) is 0 Å². The molecule has 0 radical (unpaired) electrons. The molecular weight excluding hydrogens is 316 g/mol. The number of H-pyrrole nitrogens is 1. The third-order valence-corrected chi connectivity index (χ3v) is 4.75. The lowest BCUT2D eigenvalue weighted by Gasteiger charge is -2.15. The van der Waals surface area contributed by atoms with Crippen molar-refractivity contribution in [1.82, 2.24) is 20.5 Å². The fourth-order valence-electron chi connectivity index (χ4n) is 1.87. The standard InChI is InChI=1S/C15H20N4OS2/c1-10(2)22-13-6-4-12(5-7-13)11(3)18-14(20)8-21-15-16-9-17-19-15/h4-7,9-11H,8H2,1-3H3,(H,18,20)(H,16,17,19)/t11-/m0/s1. The van der Waals surface area contributed by atoms with E-state index in [0.29, 0.717) is 16.2 Å².